The van der Waals surface area contributed by atoms with E-state index >= 15 is 0 Å². The monoisotopic (exact) mass is 224 g/mol. The van der Waals surface area contributed by atoms with Crippen molar-refractivity contribution in [3.05, 3.63) is 18.2 Å². The Morgan fingerprint density at radius 2 is 1.89 bits per heavy atom. The second kappa shape index (κ2) is 2.52. The van der Waals surface area contributed by atoms with Crippen LogP contribution in [0.1, 0.15) is 0 Å². The summed E-state index contributed by atoms with van der Waals surface area (Å²) in [4.78, 5) is 0. The number of phenols is 2. The molecule has 1 rings (SSSR count). The van der Waals surface area contributed by atoms with E-state index in [4.69, 9.17) is 10.2 Å². The fraction of sp³-hybridized carbons (Fsp3) is 0. The predicted octanol–water partition coefficient (Wildman–Crippen LogP) is -0.108. The van der Waals surface area contributed by atoms with Crippen LogP contribution in [0.5, 0.6) is 11.5 Å². The van der Waals surface area contributed by atoms with Gasteiger partial charge in [-0.1, -0.05) is 0 Å². The molecule has 0 saturated carbocycles. The molecule has 0 atom stereocenters. The Hall–Kier alpha value is -0.310. The predicted molar refractivity (Wildman–Crippen MR) is 35.2 cm³/mol. The summed E-state index contributed by atoms with van der Waals surface area (Å²) >= 11 is 0.827. The second-order valence-corrected chi connectivity index (χ2v) is 3.52. The van der Waals surface area contributed by atoms with Crippen LogP contribution in [0.3, 0.4) is 0 Å². The van der Waals surface area contributed by atoms with Crippen molar-refractivity contribution in [2.45, 2.75) is 0 Å². The third kappa shape index (κ3) is 1.55. The fourth-order valence-electron chi connectivity index (χ4n) is 0.542. The Morgan fingerprint density at radius 3 is 2.33 bits per heavy atom. The Morgan fingerprint density at radius 1 is 1.22 bits per heavy atom. The summed E-state index contributed by atoms with van der Waals surface area (Å²) in [6.45, 7) is 0. The van der Waals surface area contributed by atoms with Crippen molar-refractivity contribution in [1.82, 2.24) is 0 Å². The van der Waals surface area contributed by atoms with Crippen molar-refractivity contribution in [3.8, 4) is 11.5 Å². The zero-order valence-electron chi connectivity index (χ0n) is 4.70. The molecule has 44 valence electrons. The normalized spacial score (nSPS) is 9.33. The van der Waals surface area contributed by atoms with E-state index in [2.05, 4.69) is 0 Å². The zero-order valence-corrected chi connectivity index (χ0v) is 8.00. The number of rotatable bonds is 0. The maximum absolute atomic E-state index is 8.97. The van der Waals surface area contributed by atoms with Gasteiger partial charge in [-0.2, -0.15) is 0 Å². The molecule has 2 N–H and O–H groups in total. The van der Waals surface area contributed by atoms with Gasteiger partial charge in [0.25, 0.3) is 0 Å². The number of hydrogen-bond donors (Lipinski definition) is 2. The van der Waals surface area contributed by atoms with Gasteiger partial charge in [-0.25, -0.2) is 0 Å². The van der Waals surface area contributed by atoms with E-state index in [1.165, 1.54) is 12.1 Å². The standard InChI is InChI=1S/C6H5O2.In/c7-5-1-2-6(8)4-3-5;/h1-3,7-8H;. The number of phenolic OH excluding ortho intramolecular Hbond substituents is 2. The molecule has 0 aliphatic heterocycles. The summed E-state index contributed by atoms with van der Waals surface area (Å²) in [5.41, 5.74) is 0. The van der Waals surface area contributed by atoms with Gasteiger partial charge in [0.2, 0.25) is 0 Å². The van der Waals surface area contributed by atoms with E-state index in [0.29, 0.717) is 0 Å². The van der Waals surface area contributed by atoms with Gasteiger partial charge >= 0.3 is 67.6 Å². The SMILES string of the molecule is Oc1ccc(O)[c]([In])c1. The van der Waals surface area contributed by atoms with Crippen LogP contribution in [-0.4, -0.2) is 34.6 Å². The van der Waals surface area contributed by atoms with Crippen LogP contribution >= 0.6 is 0 Å². The maximum atomic E-state index is 8.97. The second-order valence-electron chi connectivity index (χ2n) is 1.74. The molecule has 0 aliphatic rings. The van der Waals surface area contributed by atoms with Crippen LogP contribution in [0.25, 0.3) is 0 Å². The third-order valence-electron chi connectivity index (χ3n) is 1.01. The number of aromatic hydroxyl groups is 2. The summed E-state index contributed by atoms with van der Waals surface area (Å²) in [6, 6.07) is 4.53. The molecule has 2 nitrogen and oxygen atoms in total. The quantitative estimate of drug-likeness (QED) is 0.603. The van der Waals surface area contributed by atoms with Crippen LogP contribution in [-0.2, 0) is 0 Å². The topological polar surface area (TPSA) is 40.5 Å². The summed E-state index contributed by atoms with van der Waals surface area (Å²) in [5, 5.41) is 17.8. The van der Waals surface area contributed by atoms with E-state index in [1.54, 1.807) is 6.07 Å². The van der Waals surface area contributed by atoms with Crippen LogP contribution in [0.4, 0.5) is 0 Å². The van der Waals surface area contributed by atoms with Gasteiger partial charge < -0.3 is 0 Å². The number of benzene rings is 1. The average Bonchev–Trinajstić information content (AvgIpc) is 1.80. The average molecular weight is 224 g/mol. The molecule has 0 spiro atoms. The third-order valence-corrected chi connectivity index (χ3v) is 2.33. The minimum atomic E-state index is 0.218. The Labute approximate surface area is 67.7 Å². The van der Waals surface area contributed by atoms with E-state index in [1.807, 2.05) is 0 Å². The van der Waals surface area contributed by atoms with Gasteiger partial charge in [-0.05, 0) is 0 Å². The van der Waals surface area contributed by atoms with Gasteiger partial charge in [-0.15, -0.1) is 0 Å². The van der Waals surface area contributed by atoms with E-state index in [0.717, 1.165) is 27.7 Å². The molecule has 0 heterocycles. The first-order valence-corrected chi connectivity index (χ1v) is 4.12. The van der Waals surface area contributed by atoms with Gasteiger partial charge in [0, 0.05) is 0 Å². The number of hydrogen-bond acceptors (Lipinski definition) is 2. The van der Waals surface area contributed by atoms with Gasteiger partial charge in [0.1, 0.15) is 0 Å². The van der Waals surface area contributed by atoms with E-state index in [9.17, 15) is 0 Å². The molecule has 0 bridgehead atoms. The molecule has 2 radical (unpaired) electrons. The van der Waals surface area contributed by atoms with Crippen molar-refractivity contribution in [1.29, 1.82) is 0 Å². The zero-order chi connectivity index (χ0) is 6.85. The summed E-state index contributed by atoms with van der Waals surface area (Å²) in [5.74, 6) is 0.491. The molecule has 1 aromatic carbocycles. The Kier molecular flexibility index (Phi) is 1.90. The van der Waals surface area contributed by atoms with Crippen molar-refractivity contribution in [2.75, 3.05) is 0 Å². The molecule has 0 saturated heterocycles. The fourth-order valence-corrected chi connectivity index (χ4v) is 1.30. The summed E-state index contributed by atoms with van der Waals surface area (Å²) in [7, 11) is 0. The van der Waals surface area contributed by atoms with Crippen LogP contribution in [0, 0.1) is 0 Å². The van der Waals surface area contributed by atoms with Crippen molar-refractivity contribution < 1.29 is 10.2 Å². The van der Waals surface area contributed by atoms with Crippen LogP contribution in [0.15, 0.2) is 18.2 Å². The molecule has 0 amide bonds. The van der Waals surface area contributed by atoms with Crippen LogP contribution < -0.4 is 3.32 Å². The van der Waals surface area contributed by atoms with Gasteiger partial charge in [0.15, 0.2) is 0 Å². The molecule has 0 aromatic heterocycles. The first-order chi connectivity index (χ1) is 4.20. The summed E-state index contributed by atoms with van der Waals surface area (Å²) in [6.07, 6.45) is 0. The van der Waals surface area contributed by atoms with Crippen LogP contribution in [0.2, 0.25) is 0 Å². The molecule has 3 heteroatoms. The minimum absolute atomic E-state index is 0.218. The van der Waals surface area contributed by atoms with Crippen molar-refractivity contribution in [2.24, 2.45) is 0 Å². The molecule has 0 unspecified atom stereocenters. The molecule has 9 heavy (non-hydrogen) atoms. The van der Waals surface area contributed by atoms with E-state index in [-0.39, 0.29) is 11.5 Å². The van der Waals surface area contributed by atoms with E-state index < -0.39 is 0 Å². The molecule has 1 aromatic rings. The van der Waals surface area contributed by atoms with Crippen molar-refractivity contribution in [3.63, 3.8) is 0 Å². The Bertz CT molecular complexity index is 222. The Balaban J connectivity index is 3.17. The molecule has 0 fully saturated rings. The molecular formula is C6H5InO2. The van der Waals surface area contributed by atoms with Gasteiger partial charge in [0.05, 0.1) is 0 Å². The van der Waals surface area contributed by atoms with Crippen molar-refractivity contribution >= 4 is 27.7 Å². The molecule has 0 aliphatic carbocycles. The molecular weight excluding hydrogens is 219 g/mol. The summed E-state index contributed by atoms with van der Waals surface area (Å²) < 4.78 is 0.820. The first kappa shape index (κ1) is 6.81. The first-order valence-electron chi connectivity index (χ1n) is 2.47. The van der Waals surface area contributed by atoms with Gasteiger partial charge in [-0.3, -0.25) is 0 Å².